The summed E-state index contributed by atoms with van der Waals surface area (Å²) in [5.74, 6) is 0.328. The highest BCUT2D eigenvalue weighted by Gasteiger charge is 2.33. The third kappa shape index (κ3) is 4.74. The Bertz CT molecular complexity index is 1390. The molecule has 196 valence electrons. The molecule has 4 heterocycles. The predicted molar refractivity (Wildman–Crippen MR) is 145 cm³/mol. The van der Waals surface area contributed by atoms with Gasteiger partial charge in [-0.2, -0.15) is 0 Å². The molecule has 0 bridgehead atoms. The quantitative estimate of drug-likeness (QED) is 0.522. The zero-order chi connectivity index (χ0) is 26.2. The topological polar surface area (TPSA) is 87.7 Å². The van der Waals surface area contributed by atoms with Gasteiger partial charge in [-0.15, -0.1) is 0 Å². The van der Waals surface area contributed by atoms with Gasteiger partial charge in [0.1, 0.15) is 6.54 Å². The molecule has 2 amide bonds. The van der Waals surface area contributed by atoms with Crippen LogP contribution in [0.25, 0.3) is 11.3 Å². The molecule has 38 heavy (non-hydrogen) atoms. The van der Waals surface area contributed by atoms with E-state index in [2.05, 4.69) is 34.3 Å². The minimum atomic E-state index is -0.147. The average Bonchev–Trinajstić information content (AvgIpc) is 3.24. The smallest absolute Gasteiger partial charge is 0.254 e. The van der Waals surface area contributed by atoms with E-state index < -0.39 is 0 Å². The summed E-state index contributed by atoms with van der Waals surface area (Å²) in [6.07, 6.45) is 4.20. The average molecular weight is 532 g/mol. The number of carbonyl (C=O) groups is 2. The van der Waals surface area contributed by atoms with E-state index in [0.717, 1.165) is 30.4 Å². The van der Waals surface area contributed by atoms with Crippen molar-refractivity contribution >= 4 is 29.4 Å². The molecule has 9 heteroatoms. The highest BCUT2D eigenvalue weighted by molar-refractivity contribution is 6.33. The Morgan fingerprint density at radius 1 is 1.16 bits per heavy atom. The molecular weight excluding hydrogens is 502 g/mol. The van der Waals surface area contributed by atoms with Gasteiger partial charge in [0.25, 0.3) is 5.91 Å². The summed E-state index contributed by atoms with van der Waals surface area (Å²) in [5, 5.41) is 3.79. The lowest BCUT2D eigenvalue weighted by molar-refractivity contribution is -0.134. The van der Waals surface area contributed by atoms with Crippen LogP contribution >= 0.6 is 11.6 Å². The maximum absolute atomic E-state index is 13.4. The predicted octanol–water partition coefficient (Wildman–Crippen LogP) is 4.49. The van der Waals surface area contributed by atoms with Gasteiger partial charge in [0.2, 0.25) is 11.9 Å². The van der Waals surface area contributed by atoms with E-state index in [0.29, 0.717) is 48.5 Å². The number of rotatable bonds is 5. The van der Waals surface area contributed by atoms with Gasteiger partial charge in [0.05, 0.1) is 23.0 Å². The molecule has 1 saturated heterocycles. The Balaban J connectivity index is 1.17. The first-order valence-electron chi connectivity index (χ1n) is 13.1. The van der Waals surface area contributed by atoms with E-state index in [9.17, 15) is 9.59 Å². The fourth-order valence-corrected chi connectivity index (χ4v) is 5.87. The van der Waals surface area contributed by atoms with Crippen LogP contribution in [0.5, 0.6) is 0 Å². The second kappa shape index (κ2) is 10.3. The molecule has 0 unspecified atom stereocenters. The number of halogens is 1. The zero-order valence-electron chi connectivity index (χ0n) is 21.3. The molecule has 6 rings (SSSR count). The van der Waals surface area contributed by atoms with Crippen molar-refractivity contribution in [3.63, 3.8) is 0 Å². The Morgan fingerprint density at radius 3 is 2.82 bits per heavy atom. The molecular formula is C29H30ClN5O3. The van der Waals surface area contributed by atoms with Crippen LogP contribution in [-0.4, -0.2) is 63.9 Å². The Kier molecular flexibility index (Phi) is 6.76. The first-order chi connectivity index (χ1) is 18.5. The molecule has 1 aromatic heterocycles. The molecule has 0 spiro atoms. The van der Waals surface area contributed by atoms with Gasteiger partial charge in [-0.1, -0.05) is 48.0 Å². The van der Waals surface area contributed by atoms with Crippen LogP contribution in [0.1, 0.15) is 52.9 Å². The number of nitrogens with zero attached hydrogens (tertiary/aromatic N) is 4. The molecule has 0 saturated carbocycles. The van der Waals surface area contributed by atoms with Crippen LogP contribution in [0.2, 0.25) is 5.02 Å². The van der Waals surface area contributed by atoms with Crippen LogP contribution < -0.4 is 5.32 Å². The van der Waals surface area contributed by atoms with Gasteiger partial charge in [-0.25, -0.2) is 9.97 Å². The molecule has 3 aliphatic rings. The van der Waals surface area contributed by atoms with Gasteiger partial charge < -0.3 is 19.9 Å². The maximum Gasteiger partial charge on any atom is 0.254 e. The number of nitrogens with one attached hydrogen (secondary N) is 1. The fourth-order valence-electron chi connectivity index (χ4n) is 5.67. The van der Waals surface area contributed by atoms with Gasteiger partial charge in [0.15, 0.2) is 0 Å². The third-order valence-corrected chi connectivity index (χ3v) is 8.08. The first-order valence-corrected chi connectivity index (χ1v) is 13.5. The van der Waals surface area contributed by atoms with Crippen LogP contribution in [0, 0.1) is 0 Å². The number of ether oxygens (including phenoxy) is 1. The van der Waals surface area contributed by atoms with E-state index in [1.807, 2.05) is 35.2 Å². The number of fused-ring (bicyclic) bond motifs is 2. The molecule has 3 aromatic rings. The molecule has 1 atom stereocenters. The number of aromatic nitrogens is 2. The van der Waals surface area contributed by atoms with Crippen molar-refractivity contribution in [3.8, 4) is 11.3 Å². The van der Waals surface area contributed by atoms with Gasteiger partial charge in [-0.05, 0) is 48.9 Å². The molecule has 0 radical (unpaired) electrons. The highest BCUT2D eigenvalue weighted by Crippen LogP contribution is 2.33. The molecule has 8 nitrogen and oxygen atoms in total. The van der Waals surface area contributed by atoms with Crippen molar-refractivity contribution in [2.75, 3.05) is 31.6 Å². The largest absolute Gasteiger partial charge is 0.381 e. The maximum atomic E-state index is 13.4. The summed E-state index contributed by atoms with van der Waals surface area (Å²) >= 11 is 6.48. The van der Waals surface area contributed by atoms with Crippen molar-refractivity contribution in [3.05, 3.63) is 75.9 Å². The van der Waals surface area contributed by atoms with Crippen molar-refractivity contribution in [1.82, 2.24) is 19.8 Å². The van der Waals surface area contributed by atoms with Gasteiger partial charge >= 0.3 is 0 Å². The number of hydrogen-bond acceptors (Lipinski definition) is 6. The Morgan fingerprint density at radius 2 is 1.97 bits per heavy atom. The monoisotopic (exact) mass is 531 g/mol. The summed E-state index contributed by atoms with van der Waals surface area (Å²) in [7, 11) is 0. The van der Waals surface area contributed by atoms with E-state index in [1.54, 1.807) is 11.1 Å². The van der Waals surface area contributed by atoms with Crippen molar-refractivity contribution in [1.29, 1.82) is 0 Å². The van der Waals surface area contributed by atoms with Crippen molar-refractivity contribution in [2.24, 2.45) is 0 Å². The minimum Gasteiger partial charge on any atom is -0.381 e. The molecule has 3 aliphatic heterocycles. The van der Waals surface area contributed by atoms with Crippen LogP contribution in [0.15, 0.2) is 48.7 Å². The summed E-state index contributed by atoms with van der Waals surface area (Å²) in [4.78, 5) is 39.2. The number of hydrogen-bond donors (Lipinski definition) is 1. The number of anilines is 1. The van der Waals surface area contributed by atoms with E-state index in [4.69, 9.17) is 16.3 Å². The Labute approximate surface area is 227 Å². The minimum absolute atomic E-state index is 0.0111. The van der Waals surface area contributed by atoms with E-state index >= 15 is 0 Å². The first kappa shape index (κ1) is 24.8. The normalized spacial score (nSPS) is 19.3. The second-order valence-electron chi connectivity index (χ2n) is 10.2. The van der Waals surface area contributed by atoms with Gasteiger partial charge in [0, 0.05) is 43.5 Å². The number of carbonyl (C=O) groups excluding carboxylic acids is 2. The zero-order valence-corrected chi connectivity index (χ0v) is 22.1. The second-order valence-corrected chi connectivity index (χ2v) is 10.6. The molecule has 1 fully saturated rings. The standard InChI is InChI=1S/C29H30ClN5O3/c1-18-23-5-3-2-4-19(23)8-11-35(18)26(36)17-34-16-21-7-6-20(14-24(21)28(34)37)27-25(30)15-31-29(33-27)32-22-9-12-38-13-10-22/h2-7,14-15,18,22H,8-13,16-17H2,1H3,(H,31,32,33)/t18-/m1/s1. The van der Waals surface area contributed by atoms with E-state index in [1.165, 1.54) is 11.1 Å². The molecule has 1 N–H and O–H groups in total. The SMILES string of the molecule is C[C@@H]1c2ccccc2CCN1C(=O)CN1Cc2ccc(-c3nc(NC4CCOCC4)ncc3Cl)cc2C1=O. The highest BCUT2D eigenvalue weighted by atomic mass is 35.5. The van der Waals surface area contributed by atoms with Crippen molar-refractivity contribution < 1.29 is 14.3 Å². The molecule has 0 aliphatic carbocycles. The van der Waals surface area contributed by atoms with Crippen molar-refractivity contribution in [2.45, 2.75) is 44.8 Å². The van der Waals surface area contributed by atoms with Crippen LogP contribution in [-0.2, 0) is 22.5 Å². The Hall–Kier alpha value is -3.49. The summed E-state index contributed by atoms with van der Waals surface area (Å²) in [5.41, 5.74) is 5.27. The summed E-state index contributed by atoms with van der Waals surface area (Å²) < 4.78 is 5.43. The third-order valence-electron chi connectivity index (χ3n) is 7.80. The lowest BCUT2D eigenvalue weighted by Gasteiger charge is -2.36. The van der Waals surface area contributed by atoms with E-state index in [-0.39, 0.29) is 30.4 Å². The van der Waals surface area contributed by atoms with Crippen LogP contribution in [0.3, 0.4) is 0 Å². The molecule has 2 aromatic carbocycles. The number of amides is 2. The number of benzene rings is 2. The summed E-state index contributed by atoms with van der Waals surface area (Å²) in [6, 6.07) is 14.2. The van der Waals surface area contributed by atoms with Gasteiger partial charge in [-0.3, -0.25) is 9.59 Å². The van der Waals surface area contributed by atoms with Crippen LogP contribution in [0.4, 0.5) is 5.95 Å². The summed E-state index contributed by atoms with van der Waals surface area (Å²) in [6.45, 7) is 4.61. The fraction of sp³-hybridized carbons (Fsp3) is 0.379. The lowest BCUT2D eigenvalue weighted by Crippen LogP contribution is -2.44. The lowest BCUT2D eigenvalue weighted by atomic mass is 9.93.